The molecule has 1 heterocycles. The zero-order valence-corrected chi connectivity index (χ0v) is 7.94. The highest BCUT2D eigenvalue weighted by Gasteiger charge is 2.14. The van der Waals surface area contributed by atoms with E-state index in [4.69, 9.17) is 9.68 Å². The fourth-order valence-electron chi connectivity index (χ4n) is 1.53. The fraction of sp³-hybridized carbons (Fsp3) is 0.0909. The Hall–Kier alpha value is -2.28. The van der Waals surface area contributed by atoms with E-state index >= 15 is 0 Å². The van der Waals surface area contributed by atoms with Gasteiger partial charge in [-0.25, -0.2) is 0 Å². The highest BCUT2D eigenvalue weighted by atomic mass is 16.3. The number of carbonyl (C=O) groups is 1. The van der Waals surface area contributed by atoms with Crippen LogP contribution in [0.5, 0.6) is 5.75 Å². The van der Waals surface area contributed by atoms with Gasteiger partial charge in [0.15, 0.2) is 5.78 Å². The number of fused-ring (bicyclic) bond motifs is 1. The van der Waals surface area contributed by atoms with Crippen molar-refractivity contribution in [1.29, 1.82) is 5.26 Å². The van der Waals surface area contributed by atoms with Crippen molar-refractivity contribution < 1.29 is 14.3 Å². The van der Waals surface area contributed by atoms with Crippen molar-refractivity contribution in [3.05, 3.63) is 29.5 Å². The number of Topliss-reactive ketones (excluding diaryl/α,β-unsaturated/α-hetero) is 1. The number of benzene rings is 1. The number of nitrogens with zero attached hydrogens (tertiary/aromatic N) is 1. The molecule has 1 aromatic heterocycles. The number of hydrogen-bond donors (Lipinski definition) is 1. The standard InChI is InChI=1S/C11H7NO3/c1-6(13)11-8-4-7(5-12)15-10(8)3-2-9(11)14/h2-4,14H,1H3. The Kier molecular flexibility index (Phi) is 1.94. The predicted octanol–water partition coefficient (Wildman–Crippen LogP) is 2.21. The molecular formula is C11H7NO3. The van der Waals surface area contributed by atoms with Gasteiger partial charge in [0, 0.05) is 11.5 Å². The molecule has 0 aliphatic carbocycles. The van der Waals surface area contributed by atoms with E-state index in [0.29, 0.717) is 11.0 Å². The van der Waals surface area contributed by atoms with E-state index in [1.807, 2.05) is 6.07 Å². The van der Waals surface area contributed by atoms with Crippen LogP contribution in [-0.4, -0.2) is 10.9 Å². The third-order valence-corrected chi connectivity index (χ3v) is 2.14. The average Bonchev–Trinajstić information content (AvgIpc) is 2.59. The molecule has 0 saturated heterocycles. The highest BCUT2D eigenvalue weighted by Crippen LogP contribution is 2.29. The number of rotatable bonds is 1. The molecule has 0 saturated carbocycles. The van der Waals surface area contributed by atoms with E-state index in [-0.39, 0.29) is 22.9 Å². The molecule has 0 bridgehead atoms. The summed E-state index contributed by atoms with van der Waals surface area (Å²) >= 11 is 0. The molecule has 0 unspecified atom stereocenters. The Labute approximate surface area is 85.4 Å². The van der Waals surface area contributed by atoms with Gasteiger partial charge < -0.3 is 9.52 Å². The number of nitriles is 1. The largest absolute Gasteiger partial charge is 0.507 e. The van der Waals surface area contributed by atoms with Crippen molar-refractivity contribution in [2.75, 3.05) is 0 Å². The molecule has 0 amide bonds. The lowest BCUT2D eigenvalue weighted by Crippen LogP contribution is -1.92. The van der Waals surface area contributed by atoms with Crippen LogP contribution in [0.1, 0.15) is 23.0 Å². The van der Waals surface area contributed by atoms with Crippen molar-refractivity contribution in [2.24, 2.45) is 0 Å². The molecule has 0 spiro atoms. The summed E-state index contributed by atoms with van der Waals surface area (Å²) in [5.41, 5.74) is 0.618. The molecule has 0 aliphatic rings. The van der Waals surface area contributed by atoms with E-state index < -0.39 is 0 Å². The van der Waals surface area contributed by atoms with Gasteiger partial charge in [-0.1, -0.05) is 0 Å². The van der Waals surface area contributed by atoms with Crippen LogP contribution in [0.4, 0.5) is 0 Å². The number of aromatic hydroxyl groups is 1. The van der Waals surface area contributed by atoms with Gasteiger partial charge in [-0.05, 0) is 19.1 Å². The van der Waals surface area contributed by atoms with Crippen LogP contribution in [0.2, 0.25) is 0 Å². The molecule has 0 aliphatic heterocycles. The number of hydrogen-bond acceptors (Lipinski definition) is 4. The quantitative estimate of drug-likeness (QED) is 0.718. The minimum absolute atomic E-state index is 0.0970. The van der Waals surface area contributed by atoms with E-state index in [9.17, 15) is 9.90 Å². The van der Waals surface area contributed by atoms with Gasteiger partial charge in [0.05, 0.1) is 5.56 Å². The number of ketones is 1. The first kappa shape index (κ1) is 9.28. The van der Waals surface area contributed by atoms with E-state index in [1.54, 1.807) is 0 Å². The van der Waals surface area contributed by atoms with Crippen LogP contribution >= 0.6 is 0 Å². The van der Waals surface area contributed by atoms with Gasteiger partial charge in [0.25, 0.3) is 0 Å². The van der Waals surface area contributed by atoms with Crippen LogP contribution in [0.25, 0.3) is 11.0 Å². The summed E-state index contributed by atoms with van der Waals surface area (Å²) < 4.78 is 5.14. The summed E-state index contributed by atoms with van der Waals surface area (Å²) in [5, 5.41) is 18.6. The van der Waals surface area contributed by atoms with Gasteiger partial charge in [-0.3, -0.25) is 4.79 Å². The summed E-state index contributed by atoms with van der Waals surface area (Å²) in [4.78, 5) is 11.3. The molecule has 4 heteroatoms. The second-order valence-corrected chi connectivity index (χ2v) is 3.15. The van der Waals surface area contributed by atoms with E-state index in [2.05, 4.69) is 0 Å². The van der Waals surface area contributed by atoms with Crippen molar-refractivity contribution in [2.45, 2.75) is 6.92 Å². The minimum Gasteiger partial charge on any atom is -0.507 e. The molecule has 4 nitrogen and oxygen atoms in total. The first-order chi connectivity index (χ1) is 7.13. The van der Waals surface area contributed by atoms with Crippen molar-refractivity contribution in [3.63, 3.8) is 0 Å². The zero-order chi connectivity index (χ0) is 11.0. The van der Waals surface area contributed by atoms with Gasteiger partial charge in [0.2, 0.25) is 5.76 Å². The molecule has 15 heavy (non-hydrogen) atoms. The topological polar surface area (TPSA) is 74.2 Å². The van der Waals surface area contributed by atoms with E-state index in [1.165, 1.54) is 25.1 Å². The maximum absolute atomic E-state index is 11.3. The summed E-state index contributed by atoms with van der Waals surface area (Å²) in [6.07, 6.45) is 0. The Morgan fingerprint density at radius 1 is 1.53 bits per heavy atom. The molecule has 1 aromatic carbocycles. The van der Waals surface area contributed by atoms with Crippen LogP contribution in [0, 0.1) is 11.3 Å². The van der Waals surface area contributed by atoms with Gasteiger partial charge >= 0.3 is 0 Å². The predicted molar refractivity (Wildman–Crippen MR) is 52.6 cm³/mol. The Morgan fingerprint density at radius 3 is 2.87 bits per heavy atom. The third-order valence-electron chi connectivity index (χ3n) is 2.14. The van der Waals surface area contributed by atoms with Crippen molar-refractivity contribution in [3.8, 4) is 11.8 Å². The first-order valence-electron chi connectivity index (χ1n) is 4.30. The molecule has 74 valence electrons. The van der Waals surface area contributed by atoms with Crippen LogP contribution in [0.3, 0.4) is 0 Å². The Morgan fingerprint density at radius 2 is 2.27 bits per heavy atom. The smallest absolute Gasteiger partial charge is 0.204 e. The molecule has 0 atom stereocenters. The second kappa shape index (κ2) is 3.14. The maximum Gasteiger partial charge on any atom is 0.204 e. The molecule has 0 fully saturated rings. The summed E-state index contributed by atoms with van der Waals surface area (Å²) in [5.74, 6) is -0.234. The van der Waals surface area contributed by atoms with Gasteiger partial charge in [-0.2, -0.15) is 5.26 Å². The minimum atomic E-state index is -0.261. The highest BCUT2D eigenvalue weighted by molar-refractivity contribution is 6.08. The molecule has 0 radical (unpaired) electrons. The monoisotopic (exact) mass is 201 g/mol. The van der Waals surface area contributed by atoms with Crippen LogP contribution in [-0.2, 0) is 0 Å². The molecule has 2 rings (SSSR count). The van der Waals surface area contributed by atoms with Crippen molar-refractivity contribution >= 4 is 16.8 Å². The fourth-order valence-corrected chi connectivity index (χ4v) is 1.53. The number of phenolic OH excluding ortho intramolecular Hbond substituents is 1. The number of furan rings is 1. The van der Waals surface area contributed by atoms with Crippen LogP contribution < -0.4 is 0 Å². The van der Waals surface area contributed by atoms with Crippen molar-refractivity contribution in [1.82, 2.24) is 0 Å². The average molecular weight is 201 g/mol. The normalized spacial score (nSPS) is 10.1. The lowest BCUT2D eigenvalue weighted by Gasteiger charge is -2.00. The first-order valence-corrected chi connectivity index (χ1v) is 4.30. The molecule has 2 aromatic rings. The lowest BCUT2D eigenvalue weighted by molar-refractivity contribution is 0.101. The Bertz CT molecular complexity index is 590. The van der Waals surface area contributed by atoms with E-state index in [0.717, 1.165) is 0 Å². The summed E-state index contributed by atoms with van der Waals surface area (Å²) in [6.45, 7) is 1.35. The number of phenols is 1. The van der Waals surface area contributed by atoms with Gasteiger partial charge in [-0.15, -0.1) is 0 Å². The zero-order valence-electron chi connectivity index (χ0n) is 7.94. The summed E-state index contributed by atoms with van der Waals surface area (Å²) in [7, 11) is 0. The molecular weight excluding hydrogens is 194 g/mol. The number of carbonyl (C=O) groups excluding carboxylic acids is 1. The lowest BCUT2D eigenvalue weighted by atomic mass is 10.1. The second-order valence-electron chi connectivity index (χ2n) is 3.15. The summed E-state index contributed by atoms with van der Waals surface area (Å²) in [6, 6.07) is 6.20. The maximum atomic E-state index is 11.3. The van der Waals surface area contributed by atoms with Crippen LogP contribution in [0.15, 0.2) is 22.6 Å². The molecule has 1 N–H and O–H groups in total. The van der Waals surface area contributed by atoms with Gasteiger partial charge in [0.1, 0.15) is 17.4 Å². The third kappa shape index (κ3) is 1.34. The Balaban J connectivity index is 2.87. The SMILES string of the molecule is CC(=O)c1c(O)ccc2oc(C#N)cc12.